The van der Waals surface area contributed by atoms with E-state index in [2.05, 4.69) is 52.2 Å². The first-order valence-corrected chi connectivity index (χ1v) is 10.2. The van der Waals surface area contributed by atoms with Crippen molar-refractivity contribution in [3.8, 4) is 17.5 Å². The zero-order chi connectivity index (χ0) is 19.3. The Morgan fingerprint density at radius 3 is 2.57 bits per heavy atom. The minimum atomic E-state index is 0.432. The van der Waals surface area contributed by atoms with Gasteiger partial charge in [-0.1, -0.05) is 15.9 Å². The van der Waals surface area contributed by atoms with E-state index in [1.165, 1.54) is 0 Å². The van der Waals surface area contributed by atoms with E-state index >= 15 is 0 Å². The fraction of sp³-hybridized carbons (Fsp3) is 0.250. The van der Waals surface area contributed by atoms with Gasteiger partial charge in [0.05, 0.1) is 34.7 Å². The van der Waals surface area contributed by atoms with Gasteiger partial charge in [0, 0.05) is 24.6 Å². The summed E-state index contributed by atoms with van der Waals surface area (Å²) in [6, 6.07) is 11.7. The Morgan fingerprint density at radius 1 is 1.04 bits per heavy atom. The van der Waals surface area contributed by atoms with Crippen LogP contribution >= 0.6 is 15.9 Å². The molecule has 0 unspecified atom stereocenters. The molecule has 3 aromatic rings. The summed E-state index contributed by atoms with van der Waals surface area (Å²) in [5.41, 5.74) is 4.39. The number of rotatable bonds is 5. The number of aromatic nitrogens is 4. The van der Waals surface area contributed by atoms with Crippen molar-refractivity contribution in [2.45, 2.75) is 18.2 Å². The molecule has 1 N–H and O–H groups in total. The van der Waals surface area contributed by atoms with E-state index in [9.17, 15) is 5.26 Å². The van der Waals surface area contributed by atoms with Crippen LogP contribution in [0, 0.1) is 11.3 Å². The predicted molar refractivity (Wildman–Crippen MR) is 112 cm³/mol. The van der Waals surface area contributed by atoms with E-state index in [1.54, 1.807) is 18.5 Å². The van der Waals surface area contributed by atoms with Crippen molar-refractivity contribution in [1.82, 2.24) is 19.9 Å². The third kappa shape index (κ3) is 3.94. The summed E-state index contributed by atoms with van der Waals surface area (Å²) in [4.78, 5) is 19.9. The Bertz CT molecular complexity index is 1010. The van der Waals surface area contributed by atoms with E-state index in [4.69, 9.17) is 0 Å². The van der Waals surface area contributed by atoms with Crippen molar-refractivity contribution in [1.29, 1.82) is 5.26 Å². The lowest BCUT2D eigenvalue weighted by molar-refractivity contribution is 0.949. The minimum Gasteiger partial charge on any atom is -0.369 e. The maximum atomic E-state index is 9.55. The highest BCUT2D eigenvalue weighted by Gasteiger charge is 2.17. The largest absolute Gasteiger partial charge is 0.369 e. The monoisotopic (exact) mass is 435 g/mol. The van der Waals surface area contributed by atoms with E-state index in [0.29, 0.717) is 28.4 Å². The van der Waals surface area contributed by atoms with Crippen LogP contribution in [0.1, 0.15) is 24.2 Å². The maximum absolute atomic E-state index is 9.55. The number of nitrogens with one attached hydrogen (secondary N) is 1. The zero-order valence-corrected chi connectivity index (χ0v) is 16.7. The Balaban J connectivity index is 1.59. The van der Waals surface area contributed by atoms with E-state index < -0.39 is 0 Å². The SMILES string of the molecule is N#Cc1nc(-c2ccnc(Nc3ccc(CBr)nc3)n2)ccc1N1CCCC1. The molecular formula is C20H18BrN7. The van der Waals surface area contributed by atoms with Crippen LogP contribution in [-0.4, -0.2) is 33.0 Å². The fourth-order valence-electron chi connectivity index (χ4n) is 3.16. The first kappa shape index (κ1) is 18.3. The maximum Gasteiger partial charge on any atom is 0.227 e. The lowest BCUT2D eigenvalue weighted by Crippen LogP contribution is -2.19. The molecule has 0 radical (unpaired) electrons. The van der Waals surface area contributed by atoms with Crippen LogP contribution in [0.5, 0.6) is 0 Å². The number of nitriles is 1. The van der Waals surface area contributed by atoms with Crippen LogP contribution in [0.15, 0.2) is 42.7 Å². The van der Waals surface area contributed by atoms with Crippen LogP contribution in [-0.2, 0) is 5.33 Å². The van der Waals surface area contributed by atoms with Crippen LogP contribution in [0.3, 0.4) is 0 Å². The standard InChI is InChI=1S/C20H18BrN7/c21-11-14-3-4-15(13-24-14)25-20-23-8-7-17(27-20)16-5-6-19(18(12-22)26-16)28-9-1-2-10-28/h3-8,13H,1-2,9-11H2,(H,23,25,27). The summed E-state index contributed by atoms with van der Waals surface area (Å²) in [6.45, 7) is 1.94. The Hall–Kier alpha value is -3.05. The first-order chi connectivity index (χ1) is 13.8. The van der Waals surface area contributed by atoms with E-state index in [0.717, 1.165) is 43.0 Å². The Kier molecular flexibility index (Phi) is 5.44. The second-order valence-electron chi connectivity index (χ2n) is 6.43. The summed E-state index contributed by atoms with van der Waals surface area (Å²) >= 11 is 3.38. The highest BCUT2D eigenvalue weighted by Crippen LogP contribution is 2.26. The Labute approximate surface area is 171 Å². The van der Waals surface area contributed by atoms with Gasteiger partial charge in [0.15, 0.2) is 5.69 Å². The number of alkyl halides is 1. The second-order valence-corrected chi connectivity index (χ2v) is 6.99. The molecule has 28 heavy (non-hydrogen) atoms. The molecule has 140 valence electrons. The van der Waals surface area contributed by atoms with Crippen molar-refractivity contribution < 1.29 is 0 Å². The topological polar surface area (TPSA) is 90.6 Å². The predicted octanol–water partition coefficient (Wildman–Crippen LogP) is 4.04. The van der Waals surface area contributed by atoms with Gasteiger partial charge < -0.3 is 10.2 Å². The van der Waals surface area contributed by atoms with Crippen LogP contribution in [0.25, 0.3) is 11.4 Å². The summed E-state index contributed by atoms with van der Waals surface area (Å²) in [6.07, 6.45) is 5.72. The summed E-state index contributed by atoms with van der Waals surface area (Å²) in [7, 11) is 0. The molecule has 7 nitrogen and oxygen atoms in total. The van der Waals surface area contributed by atoms with Gasteiger partial charge in [0.25, 0.3) is 0 Å². The molecule has 1 aliphatic rings. The molecule has 0 bridgehead atoms. The molecule has 0 saturated carbocycles. The van der Waals surface area contributed by atoms with Crippen LogP contribution < -0.4 is 10.2 Å². The summed E-state index contributed by atoms with van der Waals surface area (Å²) in [5, 5.41) is 13.4. The molecule has 0 spiro atoms. The zero-order valence-electron chi connectivity index (χ0n) is 15.1. The molecule has 4 heterocycles. The molecule has 1 fully saturated rings. The minimum absolute atomic E-state index is 0.432. The average Bonchev–Trinajstić information content (AvgIpc) is 3.29. The smallest absolute Gasteiger partial charge is 0.227 e. The van der Waals surface area contributed by atoms with E-state index in [-0.39, 0.29) is 0 Å². The Morgan fingerprint density at radius 2 is 1.86 bits per heavy atom. The second kappa shape index (κ2) is 8.31. The van der Waals surface area contributed by atoms with Crippen molar-refractivity contribution in [2.75, 3.05) is 23.3 Å². The highest BCUT2D eigenvalue weighted by molar-refractivity contribution is 9.08. The van der Waals surface area contributed by atoms with Crippen LogP contribution in [0.4, 0.5) is 17.3 Å². The summed E-state index contributed by atoms with van der Waals surface area (Å²) in [5.74, 6) is 0.454. The average molecular weight is 436 g/mol. The van der Waals surface area contributed by atoms with E-state index in [1.807, 2.05) is 24.3 Å². The fourth-order valence-corrected chi connectivity index (χ4v) is 3.49. The van der Waals surface area contributed by atoms with Gasteiger partial charge in [0.2, 0.25) is 5.95 Å². The normalized spacial score (nSPS) is 13.4. The van der Waals surface area contributed by atoms with Gasteiger partial charge in [-0.25, -0.2) is 15.0 Å². The molecule has 1 saturated heterocycles. The van der Waals surface area contributed by atoms with Crippen molar-refractivity contribution >= 4 is 33.3 Å². The molecule has 4 rings (SSSR count). The number of nitrogens with zero attached hydrogens (tertiary/aromatic N) is 6. The highest BCUT2D eigenvalue weighted by atomic mass is 79.9. The molecule has 0 aromatic carbocycles. The number of anilines is 3. The molecule has 0 aliphatic carbocycles. The van der Waals surface area contributed by atoms with Gasteiger partial charge in [-0.15, -0.1) is 0 Å². The number of hydrogen-bond acceptors (Lipinski definition) is 7. The number of pyridine rings is 2. The lowest BCUT2D eigenvalue weighted by Gasteiger charge is -2.18. The van der Waals surface area contributed by atoms with Crippen LogP contribution in [0.2, 0.25) is 0 Å². The quantitative estimate of drug-likeness (QED) is 0.604. The van der Waals surface area contributed by atoms with Gasteiger partial charge in [-0.05, 0) is 43.2 Å². The third-order valence-electron chi connectivity index (χ3n) is 4.56. The summed E-state index contributed by atoms with van der Waals surface area (Å²) < 4.78 is 0. The van der Waals surface area contributed by atoms with Gasteiger partial charge >= 0.3 is 0 Å². The molecule has 0 atom stereocenters. The molecule has 3 aromatic heterocycles. The third-order valence-corrected chi connectivity index (χ3v) is 5.14. The van der Waals surface area contributed by atoms with Crippen molar-refractivity contribution in [3.63, 3.8) is 0 Å². The molecule has 8 heteroatoms. The van der Waals surface area contributed by atoms with Gasteiger partial charge in [-0.3, -0.25) is 4.98 Å². The molecule has 1 aliphatic heterocycles. The van der Waals surface area contributed by atoms with Gasteiger partial charge in [-0.2, -0.15) is 5.26 Å². The molecular weight excluding hydrogens is 418 g/mol. The van der Waals surface area contributed by atoms with Gasteiger partial charge in [0.1, 0.15) is 6.07 Å². The molecule has 0 amide bonds. The lowest BCUT2D eigenvalue weighted by atomic mass is 10.2. The first-order valence-electron chi connectivity index (χ1n) is 9.04. The van der Waals surface area contributed by atoms with Crippen molar-refractivity contribution in [2.24, 2.45) is 0 Å². The van der Waals surface area contributed by atoms with Crippen molar-refractivity contribution in [3.05, 3.63) is 54.1 Å². The number of hydrogen-bond donors (Lipinski definition) is 1. The number of halogens is 1.